The van der Waals surface area contributed by atoms with E-state index in [4.69, 9.17) is 19.3 Å². The monoisotopic (exact) mass is 534 g/mol. The number of halogens is 1. The van der Waals surface area contributed by atoms with E-state index >= 15 is 0 Å². The van der Waals surface area contributed by atoms with Gasteiger partial charge in [-0.3, -0.25) is 4.79 Å². The molecule has 1 saturated heterocycles. The minimum Gasteiger partial charge on any atom is -0.460 e. The molecule has 0 N–H and O–H groups in total. The number of ether oxygens (including phenoxy) is 3. The lowest BCUT2D eigenvalue weighted by Crippen LogP contribution is -2.45. The third-order valence-corrected chi connectivity index (χ3v) is 6.29. The summed E-state index contributed by atoms with van der Waals surface area (Å²) in [4.78, 5) is 12.5. The lowest BCUT2D eigenvalue weighted by atomic mass is 9.98. The minimum absolute atomic E-state index is 0.140. The largest absolute Gasteiger partial charge is 0.460 e. The maximum atomic E-state index is 13.8. The normalized spacial score (nSPS) is 19.5. The second-order valence-corrected chi connectivity index (χ2v) is 11.7. The van der Waals surface area contributed by atoms with Gasteiger partial charge in [0.1, 0.15) is 11.4 Å². The number of hydrogen-bond acceptors (Lipinski definition) is 5. The summed E-state index contributed by atoms with van der Waals surface area (Å²) in [6, 6.07) is 16.4. The quantitative estimate of drug-likeness (QED) is 0.295. The van der Waals surface area contributed by atoms with Gasteiger partial charge in [-0.2, -0.15) is 5.10 Å². The lowest BCUT2D eigenvalue weighted by molar-refractivity contribution is -0.290. The van der Waals surface area contributed by atoms with Crippen LogP contribution in [0, 0.1) is 5.82 Å². The summed E-state index contributed by atoms with van der Waals surface area (Å²) in [7, 11) is 0. The summed E-state index contributed by atoms with van der Waals surface area (Å²) in [5.74, 6) is -1.31. The van der Waals surface area contributed by atoms with Crippen molar-refractivity contribution in [1.29, 1.82) is 0 Å². The number of rotatable bonds is 7. The van der Waals surface area contributed by atoms with Gasteiger partial charge in [0.25, 0.3) is 0 Å². The molecule has 1 aromatic heterocycles. The van der Waals surface area contributed by atoms with E-state index in [0.29, 0.717) is 6.42 Å². The van der Waals surface area contributed by atoms with Crippen molar-refractivity contribution in [3.05, 3.63) is 77.7 Å². The van der Waals surface area contributed by atoms with Gasteiger partial charge in [0.05, 0.1) is 35.7 Å². The number of benzene rings is 2. The van der Waals surface area contributed by atoms with Gasteiger partial charge >= 0.3 is 5.97 Å². The van der Waals surface area contributed by atoms with Gasteiger partial charge in [-0.15, -0.1) is 0 Å². The molecule has 2 aromatic carbocycles. The maximum Gasteiger partial charge on any atom is 0.308 e. The highest BCUT2D eigenvalue weighted by atomic mass is 19.1. The van der Waals surface area contributed by atoms with Crippen molar-refractivity contribution in [3.8, 4) is 16.9 Å². The summed E-state index contributed by atoms with van der Waals surface area (Å²) in [5.41, 5.74) is 3.95. The Balaban J connectivity index is 1.71. The molecule has 0 bridgehead atoms. The smallest absolute Gasteiger partial charge is 0.308 e. The van der Waals surface area contributed by atoms with E-state index in [1.165, 1.54) is 12.1 Å². The molecule has 7 heteroatoms. The summed E-state index contributed by atoms with van der Waals surface area (Å²) in [6.07, 6.45) is 4.08. The van der Waals surface area contributed by atoms with E-state index in [2.05, 4.69) is 13.8 Å². The number of para-hydroxylation sites is 1. The highest BCUT2D eigenvalue weighted by Crippen LogP contribution is 2.35. The highest BCUT2D eigenvalue weighted by Gasteiger charge is 2.36. The lowest BCUT2D eigenvalue weighted by Gasteiger charge is -2.39. The summed E-state index contributed by atoms with van der Waals surface area (Å²) < 4.78 is 33.6. The minimum atomic E-state index is -0.866. The molecule has 6 nitrogen and oxygen atoms in total. The zero-order valence-electron chi connectivity index (χ0n) is 23.9. The van der Waals surface area contributed by atoms with E-state index in [1.807, 2.05) is 81.8 Å². The number of esters is 1. The third-order valence-electron chi connectivity index (χ3n) is 6.29. The molecular formula is C32H39FN2O4. The fourth-order valence-corrected chi connectivity index (χ4v) is 4.84. The molecule has 1 fully saturated rings. The van der Waals surface area contributed by atoms with Crippen molar-refractivity contribution in [3.63, 3.8) is 0 Å². The van der Waals surface area contributed by atoms with E-state index in [0.717, 1.165) is 28.2 Å². The Kier molecular flexibility index (Phi) is 8.42. The molecule has 2 atom stereocenters. The zero-order chi connectivity index (χ0) is 28.4. The summed E-state index contributed by atoms with van der Waals surface area (Å²) in [6.45, 7) is 13.5. The second-order valence-electron chi connectivity index (χ2n) is 11.7. The topological polar surface area (TPSA) is 62.6 Å². The van der Waals surface area contributed by atoms with E-state index in [9.17, 15) is 9.18 Å². The van der Waals surface area contributed by atoms with Gasteiger partial charge < -0.3 is 14.2 Å². The molecule has 4 rings (SSSR count). The molecule has 39 heavy (non-hydrogen) atoms. The van der Waals surface area contributed by atoms with Crippen molar-refractivity contribution in [2.75, 3.05) is 0 Å². The first kappa shape index (κ1) is 28.7. The van der Waals surface area contributed by atoms with Gasteiger partial charge in [0.15, 0.2) is 5.79 Å². The molecule has 1 aliphatic rings. The number of carbonyl (C=O) groups excluding carboxylic acids is 1. The molecule has 0 unspecified atom stereocenters. The second kappa shape index (κ2) is 11.4. The van der Waals surface area contributed by atoms with Gasteiger partial charge in [-0.05, 0) is 76.9 Å². The number of nitrogens with zero attached hydrogens (tertiary/aromatic N) is 2. The average Bonchev–Trinajstić information content (AvgIpc) is 3.21. The van der Waals surface area contributed by atoms with Gasteiger partial charge in [-0.1, -0.05) is 44.2 Å². The van der Waals surface area contributed by atoms with Crippen LogP contribution >= 0.6 is 0 Å². The number of aromatic nitrogens is 2. The number of carbonyl (C=O) groups is 1. The fourth-order valence-electron chi connectivity index (χ4n) is 4.84. The Morgan fingerprint density at radius 1 is 1.13 bits per heavy atom. The standard InChI is InChI=1S/C32H39FN2O4/c1-21(2)29-27(18-17-25-19-26(38-32(6,7)37-25)20-28(36)39-31(3,4)5)30(22-13-15-23(33)16-14-22)35(34-29)24-11-9-8-10-12-24/h8-18,21,25-26H,19-20H2,1-7H3/b18-17+/t25-,26-/m1/s1. The van der Waals surface area contributed by atoms with Crippen molar-refractivity contribution in [1.82, 2.24) is 9.78 Å². The summed E-state index contributed by atoms with van der Waals surface area (Å²) >= 11 is 0. The Bertz CT molecular complexity index is 1300. The van der Waals surface area contributed by atoms with Crippen molar-refractivity contribution < 1.29 is 23.4 Å². The molecule has 0 aliphatic carbocycles. The first-order chi connectivity index (χ1) is 18.3. The van der Waals surface area contributed by atoms with Crippen LogP contribution in [0.4, 0.5) is 4.39 Å². The van der Waals surface area contributed by atoms with Crippen LogP contribution in [0.15, 0.2) is 60.7 Å². The molecule has 0 saturated carbocycles. The molecule has 0 radical (unpaired) electrons. The van der Waals surface area contributed by atoms with Crippen LogP contribution in [0.2, 0.25) is 0 Å². The number of hydrogen-bond donors (Lipinski definition) is 0. The zero-order valence-corrected chi connectivity index (χ0v) is 23.9. The van der Waals surface area contributed by atoms with Crippen molar-refractivity contribution in [2.24, 2.45) is 0 Å². The van der Waals surface area contributed by atoms with Crippen LogP contribution in [0.3, 0.4) is 0 Å². The highest BCUT2D eigenvalue weighted by molar-refractivity contribution is 5.76. The average molecular weight is 535 g/mol. The van der Waals surface area contributed by atoms with E-state index < -0.39 is 11.4 Å². The van der Waals surface area contributed by atoms with Gasteiger partial charge in [-0.25, -0.2) is 9.07 Å². The van der Waals surface area contributed by atoms with Gasteiger partial charge in [0.2, 0.25) is 0 Å². The molecule has 1 aliphatic heterocycles. The van der Waals surface area contributed by atoms with Crippen LogP contribution in [0.25, 0.3) is 23.0 Å². The third kappa shape index (κ3) is 7.43. The predicted molar refractivity (Wildman–Crippen MR) is 151 cm³/mol. The van der Waals surface area contributed by atoms with Crippen molar-refractivity contribution in [2.45, 2.75) is 90.8 Å². The van der Waals surface area contributed by atoms with Crippen LogP contribution in [0.5, 0.6) is 0 Å². The first-order valence-corrected chi connectivity index (χ1v) is 13.5. The Morgan fingerprint density at radius 2 is 1.79 bits per heavy atom. The van der Waals surface area contributed by atoms with Crippen LogP contribution in [-0.2, 0) is 19.0 Å². The van der Waals surface area contributed by atoms with Crippen molar-refractivity contribution >= 4 is 12.0 Å². The van der Waals surface area contributed by atoms with Gasteiger partial charge in [0, 0.05) is 17.5 Å². The van der Waals surface area contributed by atoms with Crippen LogP contribution in [-0.4, -0.2) is 39.3 Å². The first-order valence-electron chi connectivity index (χ1n) is 13.5. The summed E-state index contributed by atoms with van der Waals surface area (Å²) in [5, 5.41) is 5.00. The molecule has 208 valence electrons. The molecule has 3 aromatic rings. The predicted octanol–water partition coefficient (Wildman–Crippen LogP) is 7.46. The van der Waals surface area contributed by atoms with Crippen LogP contribution in [0.1, 0.15) is 78.5 Å². The Morgan fingerprint density at radius 3 is 2.41 bits per heavy atom. The molecular weight excluding hydrogens is 495 g/mol. The Hall–Kier alpha value is -3.29. The molecule has 2 heterocycles. The SMILES string of the molecule is CC(C)c1nn(-c2ccccc2)c(-c2ccc(F)cc2)c1/C=C/[C@@H]1C[C@H](CC(=O)OC(C)(C)C)OC(C)(C)O1. The maximum absolute atomic E-state index is 13.8. The van der Waals surface area contributed by atoms with Crippen LogP contribution < -0.4 is 0 Å². The molecule has 0 amide bonds. The van der Waals surface area contributed by atoms with E-state index in [-0.39, 0.29) is 36.3 Å². The Labute approximate surface area is 230 Å². The van der Waals surface area contributed by atoms with E-state index in [1.54, 1.807) is 12.1 Å². The fraction of sp³-hybridized carbons (Fsp3) is 0.438. The molecule has 0 spiro atoms.